The number of primary amides is 1. The summed E-state index contributed by atoms with van der Waals surface area (Å²) in [4.78, 5) is 27.8. The molecule has 1 heterocycles. The molecule has 11 heteroatoms. The number of aromatic nitrogens is 1. The molecule has 1 aliphatic rings. The summed E-state index contributed by atoms with van der Waals surface area (Å²) in [6.45, 7) is 0. The van der Waals surface area contributed by atoms with E-state index in [1.807, 2.05) is 0 Å². The second-order valence-corrected chi connectivity index (χ2v) is 7.49. The summed E-state index contributed by atoms with van der Waals surface area (Å²) in [7, 11) is 1.37. The van der Waals surface area contributed by atoms with Crippen LogP contribution in [0.2, 0.25) is 5.02 Å². The van der Waals surface area contributed by atoms with Gasteiger partial charge in [-0.05, 0) is 31.0 Å². The number of urea groups is 1. The van der Waals surface area contributed by atoms with E-state index in [9.17, 15) is 18.4 Å². The summed E-state index contributed by atoms with van der Waals surface area (Å²) in [5, 5.41) is 4.85. The lowest BCUT2D eigenvalue weighted by Crippen LogP contribution is -2.30. The number of hydrogen-bond acceptors (Lipinski definition) is 5. The number of anilines is 1. The van der Waals surface area contributed by atoms with E-state index in [1.54, 1.807) is 0 Å². The van der Waals surface area contributed by atoms with Gasteiger partial charge >= 0.3 is 6.03 Å². The van der Waals surface area contributed by atoms with Crippen molar-refractivity contribution in [2.45, 2.75) is 18.9 Å². The van der Waals surface area contributed by atoms with Crippen molar-refractivity contribution in [3.05, 3.63) is 52.7 Å². The van der Waals surface area contributed by atoms with Crippen molar-refractivity contribution >= 4 is 40.1 Å². The maximum atomic E-state index is 14.8. The third-order valence-corrected chi connectivity index (χ3v) is 5.06. The lowest BCUT2D eigenvalue weighted by molar-refractivity contribution is 0.0997. The lowest BCUT2D eigenvalue weighted by atomic mass is 10.1. The zero-order valence-corrected chi connectivity index (χ0v) is 17.4. The van der Waals surface area contributed by atoms with Crippen LogP contribution in [0.5, 0.6) is 17.2 Å². The Balaban J connectivity index is 1.70. The van der Waals surface area contributed by atoms with Crippen LogP contribution in [-0.4, -0.2) is 30.1 Å². The molecule has 2 aromatic carbocycles. The normalized spacial score (nSPS) is 13.0. The highest BCUT2D eigenvalue weighted by molar-refractivity contribution is 6.32. The SMILES string of the molecule is COc1cc2nccc(Oc3c(Cl)cc(NC(=O)NC4CC4)c(F)c3F)c2cc1C(N)=O. The quantitative estimate of drug-likeness (QED) is 0.471. The number of pyridine rings is 1. The third kappa shape index (κ3) is 4.22. The molecule has 0 radical (unpaired) electrons. The maximum absolute atomic E-state index is 14.8. The first-order valence-electron chi connectivity index (χ1n) is 9.48. The highest BCUT2D eigenvalue weighted by Crippen LogP contribution is 2.40. The van der Waals surface area contributed by atoms with Gasteiger partial charge in [0.15, 0.2) is 11.6 Å². The zero-order valence-electron chi connectivity index (χ0n) is 16.7. The molecule has 3 amide bonds. The molecule has 0 saturated heterocycles. The van der Waals surface area contributed by atoms with Gasteiger partial charge in [-0.3, -0.25) is 9.78 Å². The molecule has 0 spiro atoms. The topological polar surface area (TPSA) is 116 Å². The molecule has 8 nitrogen and oxygen atoms in total. The van der Waals surface area contributed by atoms with Gasteiger partial charge in [0.1, 0.15) is 11.5 Å². The minimum absolute atomic E-state index is 0.0323. The molecule has 166 valence electrons. The van der Waals surface area contributed by atoms with Crippen LogP contribution in [0.15, 0.2) is 30.5 Å². The molecule has 32 heavy (non-hydrogen) atoms. The number of hydrogen-bond donors (Lipinski definition) is 3. The van der Waals surface area contributed by atoms with Gasteiger partial charge in [0.2, 0.25) is 5.82 Å². The zero-order chi connectivity index (χ0) is 23.0. The summed E-state index contributed by atoms with van der Waals surface area (Å²) in [5.41, 5.74) is 5.37. The van der Waals surface area contributed by atoms with Crippen LogP contribution >= 0.6 is 11.6 Å². The van der Waals surface area contributed by atoms with Crippen molar-refractivity contribution in [3.63, 3.8) is 0 Å². The van der Waals surface area contributed by atoms with Crippen LogP contribution in [0.1, 0.15) is 23.2 Å². The number of benzene rings is 2. The minimum Gasteiger partial charge on any atom is -0.496 e. The molecule has 0 unspecified atom stereocenters. The smallest absolute Gasteiger partial charge is 0.319 e. The molecule has 1 aromatic heterocycles. The van der Waals surface area contributed by atoms with E-state index in [0.717, 1.165) is 18.9 Å². The molecule has 0 aliphatic heterocycles. The van der Waals surface area contributed by atoms with Crippen LogP contribution in [0.25, 0.3) is 10.9 Å². The Hall–Kier alpha value is -3.66. The van der Waals surface area contributed by atoms with Crippen molar-refractivity contribution in [3.8, 4) is 17.2 Å². The number of carbonyl (C=O) groups excluding carboxylic acids is 2. The van der Waals surface area contributed by atoms with Crippen molar-refractivity contribution < 1.29 is 27.8 Å². The van der Waals surface area contributed by atoms with E-state index in [2.05, 4.69) is 15.6 Å². The summed E-state index contributed by atoms with van der Waals surface area (Å²) in [6, 6.07) is 4.64. The number of amides is 3. The number of nitrogens with one attached hydrogen (secondary N) is 2. The van der Waals surface area contributed by atoms with Crippen LogP contribution in [0.4, 0.5) is 19.3 Å². The van der Waals surface area contributed by atoms with Crippen molar-refractivity contribution in [1.29, 1.82) is 0 Å². The van der Waals surface area contributed by atoms with E-state index in [4.69, 9.17) is 26.8 Å². The number of carbonyl (C=O) groups is 2. The van der Waals surface area contributed by atoms with Gasteiger partial charge in [0.25, 0.3) is 5.91 Å². The monoisotopic (exact) mass is 462 g/mol. The van der Waals surface area contributed by atoms with Gasteiger partial charge in [-0.15, -0.1) is 0 Å². The van der Waals surface area contributed by atoms with Crippen molar-refractivity contribution in [2.24, 2.45) is 5.73 Å². The second-order valence-electron chi connectivity index (χ2n) is 7.08. The van der Waals surface area contributed by atoms with Crippen LogP contribution in [-0.2, 0) is 0 Å². The number of ether oxygens (including phenoxy) is 2. The fourth-order valence-electron chi connectivity index (χ4n) is 3.04. The first-order chi connectivity index (χ1) is 15.3. The number of nitrogens with zero attached hydrogens (tertiary/aromatic N) is 1. The van der Waals surface area contributed by atoms with Gasteiger partial charge in [0.05, 0.1) is 28.9 Å². The van der Waals surface area contributed by atoms with E-state index in [1.165, 1.54) is 31.5 Å². The molecule has 4 N–H and O–H groups in total. The summed E-state index contributed by atoms with van der Waals surface area (Å²) in [6.07, 6.45) is 3.05. The Morgan fingerprint density at radius 1 is 1.19 bits per heavy atom. The minimum atomic E-state index is -1.40. The molecule has 0 atom stereocenters. The maximum Gasteiger partial charge on any atom is 0.319 e. The highest BCUT2D eigenvalue weighted by Gasteiger charge is 2.26. The third-order valence-electron chi connectivity index (χ3n) is 4.78. The largest absolute Gasteiger partial charge is 0.496 e. The molecule has 0 bridgehead atoms. The van der Waals surface area contributed by atoms with Gasteiger partial charge in [-0.1, -0.05) is 11.6 Å². The van der Waals surface area contributed by atoms with Gasteiger partial charge in [-0.2, -0.15) is 4.39 Å². The van der Waals surface area contributed by atoms with E-state index < -0.39 is 35.0 Å². The molecule has 4 rings (SSSR count). The number of rotatable bonds is 6. The van der Waals surface area contributed by atoms with Crippen molar-refractivity contribution in [1.82, 2.24) is 10.3 Å². The summed E-state index contributed by atoms with van der Waals surface area (Å²) < 4.78 is 40.1. The number of halogens is 3. The molecule has 1 fully saturated rings. The molecular formula is C21H17ClF2N4O4. The standard InChI is InChI=1S/C21H17ClF2N4O4/c1-31-16-8-13-10(6-11(16)20(25)29)15(4-5-26-13)32-19-12(22)7-14(17(23)18(19)24)28-21(30)27-9-2-3-9/h4-9H,2-3H2,1H3,(H2,25,29)(H2,27,28,30). The predicted octanol–water partition coefficient (Wildman–Crippen LogP) is 4.35. The lowest BCUT2D eigenvalue weighted by Gasteiger charge is -2.15. The molecular weight excluding hydrogens is 446 g/mol. The Labute approximate surface area is 185 Å². The fraction of sp³-hybridized carbons (Fsp3) is 0.190. The molecule has 1 saturated carbocycles. The van der Waals surface area contributed by atoms with Gasteiger partial charge < -0.3 is 25.8 Å². The molecule has 1 aliphatic carbocycles. The highest BCUT2D eigenvalue weighted by atomic mass is 35.5. The molecule has 3 aromatic rings. The average Bonchev–Trinajstić information content (AvgIpc) is 3.57. The Bertz CT molecular complexity index is 1250. The summed E-state index contributed by atoms with van der Waals surface area (Å²) >= 11 is 6.13. The first kappa shape index (κ1) is 21.6. The number of methoxy groups -OCH3 is 1. The Kier molecular flexibility index (Phi) is 5.70. The Morgan fingerprint density at radius 2 is 1.94 bits per heavy atom. The number of fused-ring (bicyclic) bond motifs is 1. The fourth-order valence-corrected chi connectivity index (χ4v) is 3.27. The van der Waals surface area contributed by atoms with Gasteiger partial charge in [0, 0.05) is 23.7 Å². The van der Waals surface area contributed by atoms with Crippen molar-refractivity contribution in [2.75, 3.05) is 12.4 Å². The van der Waals surface area contributed by atoms with Crippen LogP contribution in [0, 0.1) is 11.6 Å². The first-order valence-corrected chi connectivity index (χ1v) is 9.85. The predicted molar refractivity (Wildman–Crippen MR) is 113 cm³/mol. The van der Waals surface area contributed by atoms with E-state index in [0.29, 0.717) is 10.9 Å². The second kappa shape index (κ2) is 8.46. The summed E-state index contributed by atoms with van der Waals surface area (Å²) in [5.74, 6) is -3.84. The van der Waals surface area contributed by atoms with Crippen LogP contribution in [0.3, 0.4) is 0 Å². The van der Waals surface area contributed by atoms with Gasteiger partial charge in [-0.25, -0.2) is 9.18 Å². The number of nitrogens with two attached hydrogens (primary N) is 1. The Morgan fingerprint density at radius 3 is 2.59 bits per heavy atom. The van der Waals surface area contributed by atoms with E-state index >= 15 is 0 Å². The average molecular weight is 463 g/mol. The van der Waals surface area contributed by atoms with E-state index in [-0.39, 0.29) is 28.1 Å². The van der Waals surface area contributed by atoms with Crippen LogP contribution < -0.4 is 25.8 Å².